The van der Waals surface area contributed by atoms with Gasteiger partial charge < -0.3 is 22.9 Å². The summed E-state index contributed by atoms with van der Waals surface area (Å²) in [4.78, 5) is 0. The predicted molar refractivity (Wildman–Crippen MR) is 202 cm³/mol. The number of unbranched alkanes of at least 4 members (excludes halogenated alkanes) is 22. The third-order valence-electron chi connectivity index (χ3n) is 7.41. The molecule has 266 valence electrons. The van der Waals surface area contributed by atoms with E-state index in [1.807, 2.05) is 0 Å². The van der Waals surface area contributed by atoms with Crippen LogP contribution in [-0.4, -0.2) is 25.2 Å². The van der Waals surface area contributed by atoms with E-state index in [-0.39, 0.29) is 5.54 Å². The van der Waals surface area contributed by atoms with Gasteiger partial charge in [-0.2, -0.15) is 0 Å². The lowest BCUT2D eigenvalue weighted by atomic mass is 9.82. The summed E-state index contributed by atoms with van der Waals surface area (Å²) in [6.45, 7) is 20.2. The predicted octanol–water partition coefficient (Wildman–Crippen LogP) is 11.8. The van der Waals surface area contributed by atoms with Crippen LogP contribution in [-0.2, 0) is 0 Å². The molecule has 8 N–H and O–H groups in total. The van der Waals surface area contributed by atoms with E-state index in [4.69, 9.17) is 22.9 Å². The van der Waals surface area contributed by atoms with Crippen molar-refractivity contribution in [2.24, 2.45) is 28.3 Å². The Hall–Kier alpha value is -0.160. The minimum atomic E-state index is -0.0156. The van der Waals surface area contributed by atoms with Crippen molar-refractivity contribution < 1.29 is 0 Å². The molecule has 43 heavy (non-hydrogen) atoms. The van der Waals surface area contributed by atoms with Gasteiger partial charge in [0, 0.05) is 5.54 Å². The molecule has 0 amide bonds. The largest absolute Gasteiger partial charge is 0.330 e. The molecule has 0 unspecified atom stereocenters. The van der Waals surface area contributed by atoms with Crippen molar-refractivity contribution in [2.45, 2.75) is 228 Å². The maximum Gasteiger partial charge on any atom is 0.0102 e. The SMILES string of the molecule is CC(C)(C)CC(C)(C)N.CCCCCCCCCCCCN.CCCCCCCCCCN.CCCCCCCCCN. The van der Waals surface area contributed by atoms with Gasteiger partial charge >= 0.3 is 0 Å². The lowest BCUT2D eigenvalue weighted by molar-refractivity contribution is 0.286. The first kappa shape index (κ1) is 49.7. The summed E-state index contributed by atoms with van der Waals surface area (Å²) in [5, 5.41) is 0. The average Bonchev–Trinajstić information content (AvgIpc) is 2.93. The molecule has 0 aliphatic carbocycles. The van der Waals surface area contributed by atoms with Gasteiger partial charge in [0.2, 0.25) is 0 Å². The maximum absolute atomic E-state index is 5.82. The van der Waals surface area contributed by atoms with Crippen molar-refractivity contribution >= 4 is 0 Å². The van der Waals surface area contributed by atoms with Gasteiger partial charge in [0.05, 0.1) is 0 Å². The van der Waals surface area contributed by atoms with E-state index < -0.39 is 0 Å². The van der Waals surface area contributed by atoms with Crippen LogP contribution in [0.25, 0.3) is 0 Å². The fourth-order valence-corrected chi connectivity index (χ4v) is 5.38. The van der Waals surface area contributed by atoms with Crippen LogP contribution in [0.2, 0.25) is 0 Å². The lowest BCUT2D eigenvalue weighted by Crippen LogP contribution is -2.36. The molecule has 4 heteroatoms. The van der Waals surface area contributed by atoms with Crippen molar-refractivity contribution in [3.63, 3.8) is 0 Å². The van der Waals surface area contributed by atoms with Crippen molar-refractivity contribution in [1.29, 1.82) is 0 Å². The second-order valence-electron chi connectivity index (χ2n) is 14.9. The zero-order valence-corrected chi connectivity index (χ0v) is 31.8. The van der Waals surface area contributed by atoms with Gasteiger partial charge in [-0.05, 0) is 64.6 Å². The van der Waals surface area contributed by atoms with Crippen LogP contribution in [0, 0.1) is 5.41 Å². The van der Waals surface area contributed by atoms with Gasteiger partial charge in [-0.3, -0.25) is 0 Å². The van der Waals surface area contributed by atoms with Crippen LogP contribution in [0.3, 0.4) is 0 Å². The van der Waals surface area contributed by atoms with Gasteiger partial charge in [0.1, 0.15) is 0 Å². The van der Waals surface area contributed by atoms with E-state index in [1.165, 1.54) is 161 Å². The highest BCUT2D eigenvalue weighted by Crippen LogP contribution is 2.24. The van der Waals surface area contributed by atoms with E-state index in [2.05, 4.69) is 55.4 Å². The molecular formula is C39H90N4. The standard InChI is InChI=1S/C12H27N.C10H23N.C9H21N.C8H19N/c1-2-3-4-5-6-7-8-9-10-11-12-13;1-2-3-4-5-6-7-8-9-10-11;1-2-3-4-5-6-7-8-9-10;1-7(2,3)6-8(4,5)9/h2-13H2,1H3;2-11H2,1H3;2-10H2,1H3;6,9H2,1-5H3. The third-order valence-corrected chi connectivity index (χ3v) is 7.41. The van der Waals surface area contributed by atoms with Crippen LogP contribution >= 0.6 is 0 Å². The second kappa shape index (κ2) is 41.8. The van der Waals surface area contributed by atoms with Gasteiger partial charge in [-0.15, -0.1) is 0 Å². The number of hydrogen-bond acceptors (Lipinski definition) is 4. The van der Waals surface area contributed by atoms with Crippen molar-refractivity contribution in [2.75, 3.05) is 19.6 Å². The fraction of sp³-hybridized carbons (Fsp3) is 1.00. The summed E-state index contributed by atoms with van der Waals surface area (Å²) in [5.41, 5.74) is 22.3. The summed E-state index contributed by atoms with van der Waals surface area (Å²) in [6, 6.07) is 0. The smallest absolute Gasteiger partial charge is 0.0102 e. The monoisotopic (exact) mass is 615 g/mol. The van der Waals surface area contributed by atoms with Gasteiger partial charge in [0.25, 0.3) is 0 Å². The Kier molecular flexibility index (Phi) is 48.4. The Labute approximate surface area is 275 Å². The van der Waals surface area contributed by atoms with Crippen LogP contribution in [0.4, 0.5) is 0 Å². The van der Waals surface area contributed by atoms with Gasteiger partial charge in [-0.25, -0.2) is 0 Å². The molecule has 0 bridgehead atoms. The first-order chi connectivity index (χ1) is 20.4. The molecule has 0 aromatic rings. The Morgan fingerprint density at radius 1 is 0.326 bits per heavy atom. The first-order valence-corrected chi connectivity index (χ1v) is 19.3. The van der Waals surface area contributed by atoms with Crippen LogP contribution in [0.1, 0.15) is 222 Å². The zero-order chi connectivity index (χ0) is 33.5. The van der Waals surface area contributed by atoms with Crippen molar-refractivity contribution in [3.8, 4) is 0 Å². The van der Waals surface area contributed by atoms with Crippen LogP contribution in [0.5, 0.6) is 0 Å². The molecule has 0 aliphatic heterocycles. The fourth-order valence-electron chi connectivity index (χ4n) is 5.38. The van der Waals surface area contributed by atoms with Crippen LogP contribution < -0.4 is 22.9 Å². The summed E-state index contributed by atoms with van der Waals surface area (Å²) in [7, 11) is 0. The Morgan fingerprint density at radius 3 is 0.628 bits per heavy atom. The van der Waals surface area contributed by atoms with Crippen LogP contribution in [0.15, 0.2) is 0 Å². The van der Waals surface area contributed by atoms with E-state index >= 15 is 0 Å². The van der Waals surface area contributed by atoms with E-state index in [0.717, 1.165) is 26.1 Å². The molecule has 0 radical (unpaired) electrons. The molecule has 0 rings (SSSR count). The molecule has 0 aliphatic rings. The normalized spacial score (nSPS) is 11.2. The van der Waals surface area contributed by atoms with E-state index in [0.29, 0.717) is 5.41 Å². The first-order valence-electron chi connectivity index (χ1n) is 19.3. The molecule has 0 fully saturated rings. The Bertz CT molecular complexity index is 401. The van der Waals surface area contributed by atoms with Crippen molar-refractivity contribution in [3.05, 3.63) is 0 Å². The molecular weight excluding hydrogens is 524 g/mol. The minimum absolute atomic E-state index is 0.0156. The van der Waals surface area contributed by atoms with Gasteiger partial charge in [-0.1, -0.05) is 183 Å². The minimum Gasteiger partial charge on any atom is -0.330 e. The highest BCUT2D eigenvalue weighted by molar-refractivity contribution is 4.78. The lowest BCUT2D eigenvalue weighted by Gasteiger charge is -2.28. The maximum atomic E-state index is 5.82. The highest BCUT2D eigenvalue weighted by atomic mass is 14.7. The van der Waals surface area contributed by atoms with E-state index in [9.17, 15) is 0 Å². The molecule has 0 saturated heterocycles. The summed E-state index contributed by atoms with van der Waals surface area (Å²) in [6.07, 6.45) is 35.5. The van der Waals surface area contributed by atoms with Crippen molar-refractivity contribution in [1.82, 2.24) is 0 Å². The zero-order valence-electron chi connectivity index (χ0n) is 31.8. The second-order valence-corrected chi connectivity index (χ2v) is 14.9. The quantitative estimate of drug-likeness (QED) is 0.0727. The summed E-state index contributed by atoms with van der Waals surface area (Å²) < 4.78 is 0. The molecule has 4 nitrogen and oxygen atoms in total. The molecule has 0 aromatic heterocycles. The Morgan fingerprint density at radius 2 is 0.512 bits per heavy atom. The molecule has 0 spiro atoms. The van der Waals surface area contributed by atoms with Gasteiger partial charge in [0.15, 0.2) is 0 Å². The van der Waals surface area contributed by atoms with E-state index in [1.54, 1.807) is 0 Å². The molecule has 0 aromatic carbocycles. The molecule has 0 heterocycles. The highest BCUT2D eigenvalue weighted by Gasteiger charge is 2.20. The molecule has 0 atom stereocenters. The third kappa shape index (κ3) is 69.8. The molecule has 0 saturated carbocycles. The number of hydrogen-bond donors (Lipinski definition) is 4. The summed E-state index contributed by atoms with van der Waals surface area (Å²) in [5.74, 6) is 0. The number of rotatable bonds is 26. The summed E-state index contributed by atoms with van der Waals surface area (Å²) >= 11 is 0. The Balaban J connectivity index is -0.000000238. The average molecular weight is 615 g/mol. The number of nitrogens with two attached hydrogens (primary N) is 4. The topological polar surface area (TPSA) is 104 Å².